The number of hydrogen-bond donors (Lipinski definition) is 1. The van der Waals surface area contributed by atoms with E-state index in [1.54, 1.807) is 17.4 Å². The minimum Gasteiger partial charge on any atom is -0.321 e. The van der Waals surface area contributed by atoms with Crippen molar-refractivity contribution in [1.82, 2.24) is 0 Å². The topological polar surface area (TPSA) is 29.1 Å². The first-order valence-electron chi connectivity index (χ1n) is 4.94. The second-order valence-electron chi connectivity index (χ2n) is 3.43. The van der Waals surface area contributed by atoms with Gasteiger partial charge in [-0.15, -0.1) is 0 Å². The number of aryl methyl sites for hydroxylation is 1. The van der Waals surface area contributed by atoms with Crippen molar-refractivity contribution in [2.24, 2.45) is 0 Å². The molecule has 0 atom stereocenters. The number of anilines is 1. The number of carbonyl (C=O) groups is 1. The van der Waals surface area contributed by atoms with Gasteiger partial charge in [-0.1, -0.05) is 19.1 Å². The monoisotopic (exact) mass is 251 g/mol. The maximum Gasteiger partial charge on any atom is 0.383 e. The fraction of sp³-hybridized carbons (Fsp3) is 0.364. The lowest BCUT2D eigenvalue weighted by Crippen LogP contribution is -2.40. The maximum absolute atomic E-state index is 12.6. The molecule has 0 aliphatic heterocycles. The number of alkyl halides is 4. The van der Waals surface area contributed by atoms with Crippen LogP contribution in [0.25, 0.3) is 0 Å². The summed E-state index contributed by atoms with van der Waals surface area (Å²) in [6, 6.07) is 6.11. The molecule has 0 aliphatic carbocycles. The fourth-order valence-electron chi connectivity index (χ4n) is 1.18. The molecule has 0 aliphatic rings. The van der Waals surface area contributed by atoms with Crippen molar-refractivity contribution < 1.29 is 23.8 Å². The zero-order chi connectivity index (χ0) is 13.1. The maximum atomic E-state index is 12.6. The van der Waals surface area contributed by atoms with Crippen molar-refractivity contribution in [3.05, 3.63) is 29.8 Å². The Kier molecular flexibility index (Phi) is 4.09. The highest BCUT2D eigenvalue weighted by atomic mass is 19.3. The molecule has 6 heteroatoms. The predicted octanol–water partition coefficient (Wildman–Crippen LogP) is 3.33. The first-order valence-corrected chi connectivity index (χ1v) is 4.94. The summed E-state index contributed by atoms with van der Waals surface area (Å²) in [7, 11) is 0. The Morgan fingerprint density at radius 2 is 2.12 bits per heavy atom. The van der Waals surface area contributed by atoms with Gasteiger partial charge < -0.3 is 5.32 Å². The highest BCUT2D eigenvalue weighted by molar-refractivity contribution is 5.96. The lowest BCUT2D eigenvalue weighted by atomic mass is 10.1. The highest BCUT2D eigenvalue weighted by Gasteiger charge is 2.48. The molecule has 1 aromatic carbocycles. The van der Waals surface area contributed by atoms with Gasteiger partial charge >= 0.3 is 18.3 Å². The Hall–Kier alpha value is -1.59. The van der Waals surface area contributed by atoms with E-state index in [9.17, 15) is 22.4 Å². The van der Waals surface area contributed by atoms with Crippen molar-refractivity contribution in [3.63, 3.8) is 0 Å². The molecule has 1 rings (SSSR count). The van der Waals surface area contributed by atoms with Crippen LogP contribution in [0.5, 0.6) is 0 Å². The summed E-state index contributed by atoms with van der Waals surface area (Å²) in [5.41, 5.74) is 0.887. The van der Waals surface area contributed by atoms with Gasteiger partial charge in [0.15, 0.2) is 0 Å². The Morgan fingerprint density at radius 1 is 1.47 bits per heavy atom. The summed E-state index contributed by atoms with van der Waals surface area (Å²) < 4.78 is 49.1. The van der Waals surface area contributed by atoms with Crippen LogP contribution in [0.4, 0.5) is 23.2 Å². The largest absolute Gasteiger partial charge is 0.383 e. The van der Waals surface area contributed by atoms with Gasteiger partial charge in [0.1, 0.15) is 0 Å². The van der Waals surface area contributed by atoms with Crippen LogP contribution in [0, 0.1) is 0 Å². The highest BCUT2D eigenvalue weighted by Crippen LogP contribution is 2.24. The van der Waals surface area contributed by atoms with Gasteiger partial charge in [0.25, 0.3) is 0 Å². The Balaban J connectivity index is 0.00000289. The number of nitrogens with one attached hydrogen (secondary N) is 1. The van der Waals surface area contributed by atoms with E-state index >= 15 is 0 Å². The smallest absolute Gasteiger partial charge is 0.321 e. The second-order valence-corrected chi connectivity index (χ2v) is 3.43. The van der Waals surface area contributed by atoms with E-state index in [4.69, 9.17) is 0 Å². The van der Waals surface area contributed by atoms with Crippen molar-refractivity contribution >= 4 is 11.6 Å². The summed E-state index contributed by atoms with van der Waals surface area (Å²) in [4.78, 5) is 10.9. The number of amides is 1. The summed E-state index contributed by atoms with van der Waals surface area (Å²) in [6.07, 6.45) is -3.37. The van der Waals surface area contributed by atoms with E-state index in [2.05, 4.69) is 0 Å². The van der Waals surface area contributed by atoms with E-state index in [0.29, 0.717) is 6.42 Å². The standard InChI is InChI=1S/C11H11F4NO.H2/c1-2-7-4-3-5-8(6-7)16-10(17)11(14,15)9(12)13;/h3-6,9H,2H2,1H3,(H,16,17);1H. The van der Waals surface area contributed by atoms with Crippen molar-refractivity contribution in [3.8, 4) is 0 Å². The second kappa shape index (κ2) is 5.16. The molecule has 1 N–H and O–H groups in total. The number of rotatable bonds is 4. The van der Waals surface area contributed by atoms with Gasteiger partial charge in [-0.3, -0.25) is 4.79 Å². The third kappa shape index (κ3) is 3.18. The quantitative estimate of drug-likeness (QED) is 0.817. The van der Waals surface area contributed by atoms with Crippen molar-refractivity contribution in [2.75, 3.05) is 5.32 Å². The minimum atomic E-state index is -4.68. The van der Waals surface area contributed by atoms with E-state index < -0.39 is 18.3 Å². The molecular formula is C11H13F4NO. The van der Waals surface area contributed by atoms with Crippen LogP contribution < -0.4 is 5.32 Å². The van der Waals surface area contributed by atoms with Gasteiger partial charge in [0.05, 0.1) is 0 Å². The van der Waals surface area contributed by atoms with E-state index in [-0.39, 0.29) is 7.11 Å². The average Bonchev–Trinajstić information content (AvgIpc) is 2.29. The molecule has 0 saturated heterocycles. The van der Waals surface area contributed by atoms with E-state index in [0.717, 1.165) is 5.56 Å². The molecule has 0 radical (unpaired) electrons. The van der Waals surface area contributed by atoms with Crippen molar-refractivity contribution in [2.45, 2.75) is 25.7 Å². The number of carbonyl (C=O) groups excluding carboxylic acids is 1. The van der Waals surface area contributed by atoms with Crippen LogP contribution in [-0.4, -0.2) is 18.3 Å². The molecular weight excluding hydrogens is 238 g/mol. The van der Waals surface area contributed by atoms with Gasteiger partial charge in [0, 0.05) is 7.11 Å². The Bertz CT molecular complexity index is 412. The zero-order valence-corrected chi connectivity index (χ0v) is 9.01. The van der Waals surface area contributed by atoms with Gasteiger partial charge in [-0.25, -0.2) is 8.78 Å². The minimum absolute atomic E-state index is 0. The molecule has 0 bridgehead atoms. The molecule has 0 saturated carbocycles. The summed E-state index contributed by atoms with van der Waals surface area (Å²) in [5.74, 6) is -6.68. The van der Waals surface area contributed by atoms with Crippen LogP contribution in [0.3, 0.4) is 0 Å². The summed E-state index contributed by atoms with van der Waals surface area (Å²) in [6.45, 7) is 1.84. The van der Waals surface area contributed by atoms with E-state index in [1.165, 1.54) is 12.1 Å². The molecule has 2 nitrogen and oxygen atoms in total. The Labute approximate surface area is 97.1 Å². The average molecular weight is 251 g/mol. The summed E-state index contributed by atoms with van der Waals surface area (Å²) >= 11 is 0. The van der Waals surface area contributed by atoms with Gasteiger partial charge in [-0.2, -0.15) is 8.78 Å². The molecule has 0 spiro atoms. The third-order valence-corrected chi connectivity index (χ3v) is 2.17. The number of halogens is 4. The predicted molar refractivity (Wildman–Crippen MR) is 57.5 cm³/mol. The Morgan fingerprint density at radius 3 is 2.65 bits per heavy atom. The first kappa shape index (κ1) is 13.5. The molecule has 0 unspecified atom stereocenters. The zero-order valence-electron chi connectivity index (χ0n) is 9.01. The fourth-order valence-corrected chi connectivity index (χ4v) is 1.18. The third-order valence-electron chi connectivity index (χ3n) is 2.17. The molecule has 0 fully saturated rings. The molecule has 1 aromatic rings. The molecule has 0 heterocycles. The van der Waals surface area contributed by atoms with Gasteiger partial charge in [0.2, 0.25) is 0 Å². The summed E-state index contributed by atoms with van der Waals surface area (Å²) in [5, 5.41) is 1.77. The van der Waals surface area contributed by atoms with Crippen LogP contribution in [-0.2, 0) is 11.2 Å². The number of hydrogen-bond acceptors (Lipinski definition) is 1. The molecule has 0 aromatic heterocycles. The molecule has 1 amide bonds. The normalized spacial score (nSPS) is 11.6. The molecule has 17 heavy (non-hydrogen) atoms. The van der Waals surface area contributed by atoms with Crippen LogP contribution in [0.15, 0.2) is 24.3 Å². The van der Waals surface area contributed by atoms with Crippen LogP contribution >= 0.6 is 0 Å². The lowest BCUT2D eigenvalue weighted by Gasteiger charge is -2.15. The number of benzene rings is 1. The van der Waals surface area contributed by atoms with Crippen LogP contribution in [0.2, 0.25) is 0 Å². The van der Waals surface area contributed by atoms with Crippen molar-refractivity contribution in [1.29, 1.82) is 0 Å². The van der Waals surface area contributed by atoms with Gasteiger partial charge in [-0.05, 0) is 24.1 Å². The lowest BCUT2D eigenvalue weighted by molar-refractivity contribution is -0.163. The molecule has 96 valence electrons. The SMILES string of the molecule is CCc1cccc(NC(=O)C(F)(F)C(F)F)c1.[HH]. The van der Waals surface area contributed by atoms with Crippen LogP contribution in [0.1, 0.15) is 13.9 Å². The first-order chi connectivity index (χ1) is 7.87. The van der Waals surface area contributed by atoms with E-state index in [1.807, 2.05) is 6.92 Å².